The zero-order valence-corrected chi connectivity index (χ0v) is 21.9. The Hall–Kier alpha value is -0.610. The topological polar surface area (TPSA) is 55.8 Å². The summed E-state index contributed by atoms with van der Waals surface area (Å²) >= 11 is 0. The maximum Gasteiger partial charge on any atom is 0.302 e. The highest BCUT2D eigenvalue weighted by Crippen LogP contribution is 2.70. The van der Waals surface area contributed by atoms with Crippen LogP contribution in [0.1, 0.15) is 106 Å². The summed E-state index contributed by atoms with van der Waals surface area (Å²) in [6, 6.07) is 0. The van der Waals surface area contributed by atoms with Gasteiger partial charge in [-0.15, -0.1) is 0 Å². The van der Waals surface area contributed by atoms with E-state index in [1.807, 2.05) is 13.8 Å². The van der Waals surface area contributed by atoms with Crippen molar-refractivity contribution in [1.29, 1.82) is 0 Å². The number of hydrogen-bond donors (Lipinski definition) is 1. The molecule has 5 fully saturated rings. The second-order valence-corrected chi connectivity index (χ2v) is 13.9. The molecule has 1 saturated heterocycles. The molecule has 1 aliphatic heterocycles. The average Bonchev–Trinajstić information content (AvgIpc) is 3.19. The summed E-state index contributed by atoms with van der Waals surface area (Å²) in [5.41, 5.74) is 0.223. The molecule has 1 N–H and O–H groups in total. The van der Waals surface area contributed by atoms with Gasteiger partial charge in [0.05, 0.1) is 17.8 Å². The van der Waals surface area contributed by atoms with Crippen LogP contribution in [0.25, 0.3) is 0 Å². The van der Waals surface area contributed by atoms with E-state index in [4.69, 9.17) is 9.47 Å². The van der Waals surface area contributed by atoms with Crippen molar-refractivity contribution in [3.8, 4) is 0 Å². The Bertz CT molecular complexity index is 757. The summed E-state index contributed by atoms with van der Waals surface area (Å²) < 4.78 is 12.4. The van der Waals surface area contributed by atoms with Crippen LogP contribution in [0.3, 0.4) is 0 Å². The van der Waals surface area contributed by atoms with E-state index in [1.165, 1.54) is 38.5 Å². The second-order valence-electron chi connectivity index (χ2n) is 13.9. The number of carbonyl (C=O) groups is 1. The van der Waals surface area contributed by atoms with Crippen molar-refractivity contribution < 1.29 is 19.4 Å². The number of aliphatic hydroxyl groups is 1. The molecule has 0 amide bonds. The van der Waals surface area contributed by atoms with Crippen LogP contribution in [0.2, 0.25) is 0 Å². The summed E-state index contributed by atoms with van der Waals surface area (Å²) in [6.07, 6.45) is 12.7. The van der Waals surface area contributed by atoms with Crippen LogP contribution in [0.5, 0.6) is 0 Å². The summed E-state index contributed by atoms with van der Waals surface area (Å²) in [5.74, 6) is 4.34. The van der Waals surface area contributed by atoms with Gasteiger partial charge in [-0.3, -0.25) is 4.79 Å². The molecule has 0 aromatic rings. The van der Waals surface area contributed by atoms with E-state index >= 15 is 0 Å². The first kappa shape index (κ1) is 24.1. The zero-order chi connectivity index (χ0) is 23.8. The van der Waals surface area contributed by atoms with E-state index in [-0.39, 0.29) is 12.1 Å². The minimum absolute atomic E-state index is 0.113. The van der Waals surface area contributed by atoms with Gasteiger partial charge in [0, 0.05) is 6.92 Å². The summed E-state index contributed by atoms with van der Waals surface area (Å²) in [7, 11) is 0. The highest BCUT2D eigenvalue weighted by atomic mass is 16.5. The molecule has 4 nitrogen and oxygen atoms in total. The van der Waals surface area contributed by atoms with E-state index < -0.39 is 5.60 Å². The van der Waals surface area contributed by atoms with Gasteiger partial charge in [-0.2, -0.15) is 0 Å². The molecule has 188 valence electrons. The lowest BCUT2D eigenvalue weighted by Gasteiger charge is -2.61. The second kappa shape index (κ2) is 8.22. The Balaban J connectivity index is 1.29. The fourth-order valence-corrected chi connectivity index (χ4v) is 10.1. The highest BCUT2D eigenvalue weighted by molar-refractivity contribution is 5.66. The third kappa shape index (κ3) is 3.99. The molecule has 33 heavy (non-hydrogen) atoms. The molecular weight excluding hydrogens is 412 g/mol. The molecule has 0 spiro atoms. The largest absolute Gasteiger partial charge is 0.463 e. The maximum absolute atomic E-state index is 11.5. The monoisotopic (exact) mass is 460 g/mol. The van der Waals surface area contributed by atoms with Gasteiger partial charge in [0.25, 0.3) is 0 Å². The normalized spacial score (nSPS) is 51.3. The minimum Gasteiger partial charge on any atom is -0.463 e. The molecule has 4 aliphatic carbocycles. The van der Waals surface area contributed by atoms with Crippen LogP contribution < -0.4 is 0 Å². The molecule has 4 saturated carbocycles. The van der Waals surface area contributed by atoms with Gasteiger partial charge in [0.1, 0.15) is 6.10 Å². The fourth-order valence-electron chi connectivity index (χ4n) is 10.1. The van der Waals surface area contributed by atoms with Crippen molar-refractivity contribution in [3.05, 3.63) is 0 Å². The number of ether oxygens (including phenoxy) is 2. The number of fused-ring (bicyclic) bond motifs is 7. The van der Waals surface area contributed by atoms with Gasteiger partial charge in [0.2, 0.25) is 0 Å². The van der Waals surface area contributed by atoms with Crippen LogP contribution >= 0.6 is 0 Å². The number of esters is 1. The van der Waals surface area contributed by atoms with Gasteiger partial charge in [0.15, 0.2) is 0 Å². The summed E-state index contributed by atoms with van der Waals surface area (Å²) in [6.45, 7) is 13.0. The van der Waals surface area contributed by atoms with E-state index in [0.717, 1.165) is 43.4 Å². The van der Waals surface area contributed by atoms with Crippen LogP contribution in [0.4, 0.5) is 0 Å². The van der Waals surface area contributed by atoms with Crippen molar-refractivity contribution in [3.63, 3.8) is 0 Å². The van der Waals surface area contributed by atoms with Crippen molar-refractivity contribution in [1.82, 2.24) is 0 Å². The smallest absolute Gasteiger partial charge is 0.302 e. The molecule has 5 rings (SSSR count). The van der Waals surface area contributed by atoms with Crippen LogP contribution in [0.15, 0.2) is 0 Å². The molecule has 0 aromatic carbocycles. The van der Waals surface area contributed by atoms with Crippen LogP contribution in [0, 0.1) is 46.3 Å². The van der Waals surface area contributed by atoms with Crippen LogP contribution in [-0.4, -0.2) is 35.0 Å². The summed E-state index contributed by atoms with van der Waals surface area (Å²) in [4.78, 5) is 11.5. The fraction of sp³-hybridized carbons (Fsp3) is 0.966. The first-order valence-electron chi connectivity index (χ1n) is 14.0. The molecule has 0 radical (unpaired) electrons. The Morgan fingerprint density at radius 1 is 1.06 bits per heavy atom. The van der Waals surface area contributed by atoms with Crippen LogP contribution in [-0.2, 0) is 14.3 Å². The number of carbonyl (C=O) groups excluding carboxylic acids is 1. The third-order valence-electron chi connectivity index (χ3n) is 11.6. The molecule has 11 unspecified atom stereocenters. The molecule has 0 aromatic heterocycles. The Kier molecular flexibility index (Phi) is 6.00. The Labute approximate surface area is 201 Å². The van der Waals surface area contributed by atoms with Crippen molar-refractivity contribution in [2.24, 2.45) is 46.3 Å². The molecular formula is C29H48O4. The average molecular weight is 461 g/mol. The molecule has 4 heteroatoms. The lowest BCUT2D eigenvalue weighted by molar-refractivity contribution is -0.160. The Morgan fingerprint density at radius 2 is 1.79 bits per heavy atom. The lowest BCUT2D eigenvalue weighted by Crippen LogP contribution is -2.54. The molecule has 11 atom stereocenters. The molecule has 0 bridgehead atoms. The standard InChI is InChI=1S/C29H48O4/c1-17-24(11-12-27(3,4)31)33-25-16-23-21-8-7-19-15-20(32-18(2)30)9-13-28(19,5)22(21)10-14-29(23,6)26(17)25/h17,19-26,31H,7-16H2,1-6H3. The maximum atomic E-state index is 11.5. The van der Waals surface area contributed by atoms with E-state index in [2.05, 4.69) is 20.8 Å². The van der Waals surface area contributed by atoms with E-state index in [9.17, 15) is 9.90 Å². The van der Waals surface area contributed by atoms with E-state index in [0.29, 0.717) is 40.8 Å². The number of hydrogen-bond acceptors (Lipinski definition) is 4. The van der Waals surface area contributed by atoms with Gasteiger partial charge in [-0.25, -0.2) is 0 Å². The number of rotatable bonds is 4. The zero-order valence-electron chi connectivity index (χ0n) is 21.9. The SMILES string of the molecule is CC(=O)OC1CCC2(C)C(CCC3C2CCC2(C)C3CC3OC(CCC(C)(C)O)C(C)C32)C1. The molecule has 1 heterocycles. The predicted molar refractivity (Wildman–Crippen MR) is 130 cm³/mol. The van der Waals surface area contributed by atoms with Gasteiger partial charge < -0.3 is 14.6 Å². The van der Waals surface area contributed by atoms with Crippen molar-refractivity contribution in [2.75, 3.05) is 0 Å². The lowest BCUT2D eigenvalue weighted by atomic mass is 9.44. The first-order valence-corrected chi connectivity index (χ1v) is 14.0. The van der Waals surface area contributed by atoms with Gasteiger partial charge >= 0.3 is 5.97 Å². The predicted octanol–water partition coefficient (Wildman–Crippen LogP) is 6.14. The van der Waals surface area contributed by atoms with Gasteiger partial charge in [-0.1, -0.05) is 20.8 Å². The van der Waals surface area contributed by atoms with E-state index in [1.54, 1.807) is 6.92 Å². The van der Waals surface area contributed by atoms with Crippen molar-refractivity contribution in [2.45, 2.75) is 130 Å². The third-order valence-corrected chi connectivity index (χ3v) is 11.6. The van der Waals surface area contributed by atoms with Gasteiger partial charge in [-0.05, 0) is 124 Å². The molecule has 5 aliphatic rings. The summed E-state index contributed by atoms with van der Waals surface area (Å²) in [5, 5.41) is 10.2. The Morgan fingerprint density at radius 3 is 2.48 bits per heavy atom. The van der Waals surface area contributed by atoms with Crippen molar-refractivity contribution >= 4 is 5.97 Å². The first-order chi connectivity index (χ1) is 15.4. The quantitative estimate of drug-likeness (QED) is 0.512. The highest BCUT2D eigenvalue weighted by Gasteiger charge is 2.65. The minimum atomic E-state index is -0.603.